The first-order valence-corrected chi connectivity index (χ1v) is 10.6. The van der Waals surface area contributed by atoms with Crippen LogP contribution in [-0.2, 0) is 6.54 Å². The van der Waals surface area contributed by atoms with E-state index >= 15 is 0 Å². The second-order valence-corrected chi connectivity index (χ2v) is 8.07. The van der Waals surface area contributed by atoms with Crippen LogP contribution >= 0.6 is 0 Å². The molecule has 1 aliphatic heterocycles. The number of likely N-dealkylation sites (tertiary alicyclic amines) is 1. The Morgan fingerprint density at radius 3 is 2.37 bits per heavy atom. The summed E-state index contributed by atoms with van der Waals surface area (Å²) in [5, 5.41) is 2.95. The van der Waals surface area contributed by atoms with E-state index in [0.717, 1.165) is 42.7 Å². The molecule has 1 heterocycles. The molecule has 4 rings (SSSR count). The molecule has 0 unspecified atom stereocenters. The van der Waals surface area contributed by atoms with Crippen LogP contribution in [0.3, 0.4) is 0 Å². The molecular formula is C26H28N2O2. The van der Waals surface area contributed by atoms with E-state index in [9.17, 15) is 4.79 Å². The van der Waals surface area contributed by atoms with Crippen molar-refractivity contribution >= 4 is 11.6 Å². The molecule has 1 N–H and O–H groups in total. The van der Waals surface area contributed by atoms with E-state index in [1.54, 1.807) is 0 Å². The Morgan fingerprint density at radius 1 is 0.967 bits per heavy atom. The van der Waals surface area contributed by atoms with Crippen LogP contribution in [0.5, 0.6) is 11.5 Å². The zero-order chi connectivity index (χ0) is 20.8. The van der Waals surface area contributed by atoms with E-state index in [1.165, 1.54) is 18.4 Å². The number of hydrogen-bond donors (Lipinski definition) is 1. The minimum Gasteiger partial charge on any atom is -0.457 e. The van der Waals surface area contributed by atoms with Crippen LogP contribution in [0.4, 0.5) is 5.69 Å². The van der Waals surface area contributed by atoms with Crippen molar-refractivity contribution < 1.29 is 9.53 Å². The standard InChI is InChI=1S/C26H28N2O2/c1-20-6-5-17-28(18-20)19-21-9-11-22(12-10-21)26(29)27-23-13-15-25(16-14-23)30-24-7-3-2-4-8-24/h2-4,7-16,20H,5-6,17-19H2,1H3,(H,27,29)/t20-/m0/s1. The zero-order valence-electron chi connectivity index (χ0n) is 17.4. The molecule has 1 atom stereocenters. The first-order chi connectivity index (χ1) is 14.7. The predicted octanol–water partition coefficient (Wildman–Crippen LogP) is 5.96. The van der Waals surface area contributed by atoms with Gasteiger partial charge in [0.1, 0.15) is 11.5 Å². The van der Waals surface area contributed by atoms with Gasteiger partial charge >= 0.3 is 0 Å². The molecule has 0 spiro atoms. The fourth-order valence-corrected chi connectivity index (χ4v) is 3.88. The van der Waals surface area contributed by atoms with Gasteiger partial charge in [0, 0.05) is 24.3 Å². The molecule has 0 aliphatic carbocycles. The number of carbonyl (C=O) groups excluding carboxylic acids is 1. The number of nitrogens with zero attached hydrogens (tertiary/aromatic N) is 1. The number of piperidine rings is 1. The van der Waals surface area contributed by atoms with E-state index in [0.29, 0.717) is 5.56 Å². The normalized spacial score (nSPS) is 16.8. The van der Waals surface area contributed by atoms with Gasteiger partial charge in [0.15, 0.2) is 0 Å². The lowest BCUT2D eigenvalue weighted by Gasteiger charge is -2.30. The zero-order valence-corrected chi connectivity index (χ0v) is 17.4. The van der Waals surface area contributed by atoms with E-state index in [2.05, 4.69) is 29.3 Å². The molecule has 4 heteroatoms. The summed E-state index contributed by atoms with van der Waals surface area (Å²) in [4.78, 5) is 15.1. The summed E-state index contributed by atoms with van der Waals surface area (Å²) in [5.74, 6) is 2.18. The van der Waals surface area contributed by atoms with Gasteiger partial charge in [-0.15, -0.1) is 0 Å². The number of benzene rings is 3. The minimum absolute atomic E-state index is 0.107. The fraction of sp³-hybridized carbons (Fsp3) is 0.269. The number of carbonyl (C=O) groups is 1. The van der Waals surface area contributed by atoms with Crippen molar-refractivity contribution in [3.63, 3.8) is 0 Å². The highest BCUT2D eigenvalue weighted by atomic mass is 16.5. The van der Waals surface area contributed by atoms with Gasteiger partial charge in [0.05, 0.1) is 0 Å². The van der Waals surface area contributed by atoms with Crippen molar-refractivity contribution in [2.45, 2.75) is 26.3 Å². The molecule has 0 saturated carbocycles. The van der Waals surface area contributed by atoms with E-state index in [4.69, 9.17) is 4.74 Å². The number of para-hydroxylation sites is 1. The number of nitrogens with one attached hydrogen (secondary N) is 1. The number of ether oxygens (including phenoxy) is 1. The second kappa shape index (κ2) is 9.59. The molecule has 0 bridgehead atoms. The minimum atomic E-state index is -0.107. The summed E-state index contributed by atoms with van der Waals surface area (Å²) in [5.41, 5.74) is 2.66. The first kappa shape index (κ1) is 20.2. The van der Waals surface area contributed by atoms with Gasteiger partial charge in [-0.2, -0.15) is 0 Å². The predicted molar refractivity (Wildman–Crippen MR) is 121 cm³/mol. The highest BCUT2D eigenvalue weighted by molar-refractivity contribution is 6.04. The molecule has 1 amide bonds. The van der Waals surface area contributed by atoms with E-state index < -0.39 is 0 Å². The van der Waals surface area contributed by atoms with E-state index in [-0.39, 0.29) is 5.91 Å². The highest BCUT2D eigenvalue weighted by Crippen LogP contribution is 2.23. The van der Waals surface area contributed by atoms with Crippen molar-refractivity contribution in [1.29, 1.82) is 0 Å². The lowest BCUT2D eigenvalue weighted by atomic mass is 9.99. The van der Waals surface area contributed by atoms with Crippen LogP contribution in [0, 0.1) is 5.92 Å². The molecule has 1 aliphatic rings. The summed E-state index contributed by atoms with van der Waals surface area (Å²) < 4.78 is 5.79. The van der Waals surface area contributed by atoms with Crippen molar-refractivity contribution in [2.75, 3.05) is 18.4 Å². The van der Waals surface area contributed by atoms with Gasteiger partial charge in [-0.05, 0) is 79.4 Å². The third-order valence-corrected chi connectivity index (χ3v) is 5.45. The van der Waals surface area contributed by atoms with Crippen LogP contribution in [-0.4, -0.2) is 23.9 Å². The van der Waals surface area contributed by atoms with Gasteiger partial charge in [0.2, 0.25) is 0 Å². The second-order valence-electron chi connectivity index (χ2n) is 8.07. The summed E-state index contributed by atoms with van der Waals surface area (Å²) in [6.07, 6.45) is 2.60. The topological polar surface area (TPSA) is 41.6 Å². The summed E-state index contributed by atoms with van der Waals surface area (Å²) in [6.45, 7) is 5.60. The average Bonchev–Trinajstić information content (AvgIpc) is 2.76. The van der Waals surface area contributed by atoms with Gasteiger partial charge in [-0.25, -0.2) is 0 Å². The Bertz CT molecular complexity index is 953. The van der Waals surface area contributed by atoms with Crippen LogP contribution in [0.15, 0.2) is 78.9 Å². The molecular weight excluding hydrogens is 372 g/mol. The Hall–Kier alpha value is -3.11. The van der Waals surface area contributed by atoms with Crippen molar-refractivity contribution in [2.24, 2.45) is 5.92 Å². The van der Waals surface area contributed by atoms with Crippen molar-refractivity contribution in [3.05, 3.63) is 90.0 Å². The number of rotatable bonds is 6. The number of hydrogen-bond acceptors (Lipinski definition) is 3. The Morgan fingerprint density at radius 2 is 1.67 bits per heavy atom. The Kier molecular flexibility index (Phi) is 6.45. The van der Waals surface area contributed by atoms with Crippen LogP contribution < -0.4 is 10.1 Å². The van der Waals surface area contributed by atoms with Crippen LogP contribution in [0.25, 0.3) is 0 Å². The quantitative estimate of drug-likeness (QED) is 0.555. The van der Waals surface area contributed by atoms with E-state index in [1.807, 2.05) is 66.7 Å². The van der Waals surface area contributed by atoms with Gasteiger partial charge < -0.3 is 10.1 Å². The number of amides is 1. The van der Waals surface area contributed by atoms with Crippen LogP contribution in [0.1, 0.15) is 35.7 Å². The molecule has 30 heavy (non-hydrogen) atoms. The van der Waals surface area contributed by atoms with Crippen molar-refractivity contribution in [1.82, 2.24) is 4.90 Å². The maximum absolute atomic E-state index is 12.6. The number of anilines is 1. The first-order valence-electron chi connectivity index (χ1n) is 10.6. The largest absolute Gasteiger partial charge is 0.457 e. The van der Waals surface area contributed by atoms with Crippen LogP contribution in [0.2, 0.25) is 0 Å². The third kappa shape index (κ3) is 5.49. The molecule has 1 fully saturated rings. The monoisotopic (exact) mass is 400 g/mol. The maximum Gasteiger partial charge on any atom is 0.255 e. The molecule has 1 saturated heterocycles. The molecule has 4 nitrogen and oxygen atoms in total. The summed E-state index contributed by atoms with van der Waals surface area (Å²) >= 11 is 0. The Balaban J connectivity index is 1.32. The Labute approximate surface area is 178 Å². The van der Waals surface area contributed by atoms with Gasteiger partial charge in [-0.1, -0.05) is 37.3 Å². The smallest absolute Gasteiger partial charge is 0.255 e. The summed E-state index contributed by atoms with van der Waals surface area (Å²) in [7, 11) is 0. The molecule has 0 aromatic heterocycles. The molecule has 3 aromatic rings. The third-order valence-electron chi connectivity index (χ3n) is 5.45. The molecule has 0 radical (unpaired) electrons. The lowest BCUT2D eigenvalue weighted by Crippen LogP contribution is -2.33. The van der Waals surface area contributed by atoms with Gasteiger partial charge in [-0.3, -0.25) is 9.69 Å². The summed E-state index contributed by atoms with van der Waals surface area (Å²) in [6, 6.07) is 25.0. The maximum atomic E-state index is 12.6. The molecule has 3 aromatic carbocycles. The molecule has 154 valence electrons. The van der Waals surface area contributed by atoms with Crippen molar-refractivity contribution in [3.8, 4) is 11.5 Å². The highest BCUT2D eigenvalue weighted by Gasteiger charge is 2.16. The van der Waals surface area contributed by atoms with Gasteiger partial charge in [0.25, 0.3) is 5.91 Å². The SMILES string of the molecule is C[C@H]1CCCN(Cc2ccc(C(=O)Nc3ccc(Oc4ccccc4)cc3)cc2)C1. The average molecular weight is 401 g/mol. The lowest BCUT2D eigenvalue weighted by molar-refractivity contribution is 0.102. The fourth-order valence-electron chi connectivity index (χ4n) is 3.88.